The second kappa shape index (κ2) is 4.76. The van der Waals surface area contributed by atoms with Gasteiger partial charge in [0.15, 0.2) is 0 Å². The fraction of sp³-hybridized carbons (Fsp3) is 0.733. The lowest BCUT2D eigenvalue weighted by Gasteiger charge is -2.21. The lowest BCUT2D eigenvalue weighted by atomic mass is 9.88. The topological polar surface area (TPSA) is 28.7 Å². The summed E-state index contributed by atoms with van der Waals surface area (Å²) in [4.78, 5) is 8.17. The second-order valence-electron chi connectivity index (χ2n) is 6.51. The van der Waals surface area contributed by atoms with Crippen molar-refractivity contribution >= 4 is 12.2 Å². The van der Waals surface area contributed by atoms with E-state index >= 15 is 0 Å². The van der Waals surface area contributed by atoms with E-state index in [0.29, 0.717) is 11.8 Å². The number of fused-ring (bicyclic) bond motifs is 2. The zero-order valence-electron chi connectivity index (χ0n) is 11.3. The highest BCUT2D eigenvalue weighted by molar-refractivity contribution is 7.71. The molecule has 0 aliphatic heterocycles. The smallest absolute Gasteiger partial charge is 0.129 e. The van der Waals surface area contributed by atoms with Crippen LogP contribution in [0.4, 0.5) is 0 Å². The summed E-state index contributed by atoms with van der Waals surface area (Å²) in [7, 11) is 0. The SMILES string of the molecule is CC(C)Cc1cc(=S)nc(C2CC3CCC2C3)[nH]1. The summed E-state index contributed by atoms with van der Waals surface area (Å²) >= 11 is 5.33. The van der Waals surface area contributed by atoms with Gasteiger partial charge in [-0.15, -0.1) is 0 Å². The molecule has 2 saturated carbocycles. The lowest BCUT2D eigenvalue weighted by molar-refractivity contribution is 0.403. The Labute approximate surface area is 114 Å². The number of H-pyrrole nitrogens is 1. The molecule has 3 rings (SSSR count). The standard InChI is InChI=1S/C15H22N2S/c1-9(2)5-12-8-14(18)17-15(16-12)13-7-10-3-4-11(13)6-10/h8-11,13H,3-7H2,1-2H3,(H,16,17,18). The number of aromatic amines is 1. The van der Waals surface area contributed by atoms with Crippen molar-refractivity contribution in [3.8, 4) is 0 Å². The van der Waals surface area contributed by atoms with Crippen LogP contribution in [-0.4, -0.2) is 9.97 Å². The van der Waals surface area contributed by atoms with Crippen LogP contribution in [0.3, 0.4) is 0 Å². The van der Waals surface area contributed by atoms with E-state index < -0.39 is 0 Å². The zero-order valence-corrected chi connectivity index (χ0v) is 12.1. The zero-order chi connectivity index (χ0) is 12.7. The maximum Gasteiger partial charge on any atom is 0.129 e. The van der Waals surface area contributed by atoms with E-state index in [9.17, 15) is 0 Å². The van der Waals surface area contributed by atoms with Gasteiger partial charge in [-0.3, -0.25) is 0 Å². The highest BCUT2D eigenvalue weighted by atomic mass is 32.1. The molecule has 0 radical (unpaired) electrons. The molecule has 2 nitrogen and oxygen atoms in total. The molecule has 0 amide bonds. The third kappa shape index (κ3) is 2.37. The van der Waals surface area contributed by atoms with Gasteiger partial charge in [0.25, 0.3) is 0 Å². The Balaban J connectivity index is 1.87. The molecule has 0 saturated heterocycles. The van der Waals surface area contributed by atoms with Crippen molar-refractivity contribution in [2.24, 2.45) is 17.8 Å². The van der Waals surface area contributed by atoms with Gasteiger partial charge in [0.2, 0.25) is 0 Å². The molecule has 1 heterocycles. The van der Waals surface area contributed by atoms with Crippen molar-refractivity contribution in [1.82, 2.24) is 9.97 Å². The van der Waals surface area contributed by atoms with E-state index in [1.54, 1.807) is 0 Å². The number of hydrogen-bond donors (Lipinski definition) is 1. The number of hydrogen-bond acceptors (Lipinski definition) is 2. The Bertz CT molecular complexity index is 492. The number of nitrogens with one attached hydrogen (secondary N) is 1. The molecule has 2 fully saturated rings. The van der Waals surface area contributed by atoms with E-state index in [2.05, 4.69) is 23.8 Å². The van der Waals surface area contributed by atoms with Crippen LogP contribution < -0.4 is 0 Å². The minimum atomic E-state index is 0.651. The molecule has 0 aromatic carbocycles. The molecule has 0 spiro atoms. The second-order valence-corrected chi connectivity index (χ2v) is 6.93. The van der Waals surface area contributed by atoms with Crippen LogP contribution in [0.15, 0.2) is 6.07 Å². The van der Waals surface area contributed by atoms with Gasteiger partial charge in [0.1, 0.15) is 10.5 Å². The largest absolute Gasteiger partial charge is 0.347 e. The first kappa shape index (κ1) is 12.3. The Morgan fingerprint density at radius 2 is 2.22 bits per heavy atom. The average Bonchev–Trinajstić information content (AvgIpc) is 2.88. The molecular weight excluding hydrogens is 240 g/mol. The van der Waals surface area contributed by atoms with Crippen LogP contribution in [0.25, 0.3) is 0 Å². The van der Waals surface area contributed by atoms with Crippen molar-refractivity contribution in [2.75, 3.05) is 0 Å². The van der Waals surface area contributed by atoms with E-state index in [1.165, 1.54) is 37.2 Å². The number of rotatable bonds is 3. The van der Waals surface area contributed by atoms with E-state index in [1.807, 2.05) is 6.07 Å². The maximum atomic E-state index is 5.33. The Morgan fingerprint density at radius 3 is 2.83 bits per heavy atom. The number of nitrogens with zero attached hydrogens (tertiary/aromatic N) is 1. The molecular formula is C15H22N2S. The van der Waals surface area contributed by atoms with Crippen molar-refractivity contribution in [2.45, 2.75) is 51.9 Å². The van der Waals surface area contributed by atoms with Crippen molar-refractivity contribution in [3.05, 3.63) is 22.2 Å². The van der Waals surface area contributed by atoms with Crippen LogP contribution in [0.5, 0.6) is 0 Å². The third-order valence-electron chi connectivity index (χ3n) is 4.53. The normalized spacial score (nSPS) is 30.3. The number of aromatic nitrogens is 2. The minimum absolute atomic E-state index is 0.651. The Morgan fingerprint density at radius 1 is 1.39 bits per heavy atom. The summed E-state index contributed by atoms with van der Waals surface area (Å²) in [6.45, 7) is 4.49. The first-order valence-electron chi connectivity index (χ1n) is 7.22. The van der Waals surface area contributed by atoms with Gasteiger partial charge in [0, 0.05) is 11.6 Å². The van der Waals surface area contributed by atoms with Gasteiger partial charge in [-0.1, -0.05) is 32.5 Å². The van der Waals surface area contributed by atoms with Crippen LogP contribution in [0, 0.1) is 22.4 Å². The first-order chi connectivity index (χ1) is 8.61. The minimum Gasteiger partial charge on any atom is -0.347 e. The highest BCUT2D eigenvalue weighted by Crippen LogP contribution is 2.52. The fourth-order valence-electron chi connectivity index (χ4n) is 3.83. The van der Waals surface area contributed by atoms with Gasteiger partial charge in [-0.05, 0) is 49.5 Å². The Hall–Kier alpha value is -0.700. The highest BCUT2D eigenvalue weighted by Gasteiger charge is 2.41. The third-order valence-corrected chi connectivity index (χ3v) is 4.74. The summed E-state index contributed by atoms with van der Waals surface area (Å²) in [5.41, 5.74) is 1.27. The maximum absolute atomic E-state index is 5.33. The van der Waals surface area contributed by atoms with E-state index in [-0.39, 0.29) is 0 Å². The van der Waals surface area contributed by atoms with Crippen molar-refractivity contribution in [1.29, 1.82) is 0 Å². The quantitative estimate of drug-likeness (QED) is 0.825. The van der Waals surface area contributed by atoms with Crippen molar-refractivity contribution in [3.63, 3.8) is 0 Å². The summed E-state index contributed by atoms with van der Waals surface area (Å²) < 4.78 is 0.766. The lowest BCUT2D eigenvalue weighted by Crippen LogP contribution is -2.13. The summed E-state index contributed by atoms with van der Waals surface area (Å²) in [5.74, 6) is 4.30. The predicted molar refractivity (Wildman–Crippen MR) is 76.2 cm³/mol. The molecule has 18 heavy (non-hydrogen) atoms. The summed E-state index contributed by atoms with van der Waals surface area (Å²) in [6.07, 6.45) is 6.65. The van der Waals surface area contributed by atoms with Crippen molar-refractivity contribution < 1.29 is 0 Å². The first-order valence-corrected chi connectivity index (χ1v) is 7.62. The molecule has 98 valence electrons. The summed E-state index contributed by atoms with van der Waals surface area (Å²) in [5, 5.41) is 0. The van der Waals surface area contributed by atoms with Crippen LogP contribution >= 0.6 is 12.2 Å². The van der Waals surface area contributed by atoms with Gasteiger partial charge in [-0.2, -0.15) is 0 Å². The van der Waals surface area contributed by atoms with Gasteiger partial charge >= 0.3 is 0 Å². The van der Waals surface area contributed by atoms with Crippen LogP contribution in [0.1, 0.15) is 57.0 Å². The molecule has 1 aromatic heterocycles. The van der Waals surface area contributed by atoms with Crippen LogP contribution in [0.2, 0.25) is 0 Å². The van der Waals surface area contributed by atoms with Gasteiger partial charge < -0.3 is 4.98 Å². The van der Waals surface area contributed by atoms with E-state index in [0.717, 1.165) is 22.9 Å². The monoisotopic (exact) mass is 262 g/mol. The molecule has 3 heteroatoms. The predicted octanol–water partition coefficient (Wildman–Crippen LogP) is 4.24. The van der Waals surface area contributed by atoms with Crippen LogP contribution in [-0.2, 0) is 6.42 Å². The van der Waals surface area contributed by atoms with E-state index in [4.69, 9.17) is 12.2 Å². The molecule has 1 aromatic rings. The molecule has 1 N–H and O–H groups in total. The van der Waals surface area contributed by atoms with Gasteiger partial charge in [0.05, 0.1) is 0 Å². The molecule has 2 bridgehead atoms. The molecule has 3 atom stereocenters. The Kier molecular flexibility index (Phi) is 3.27. The fourth-order valence-corrected chi connectivity index (χ4v) is 4.07. The van der Waals surface area contributed by atoms with Gasteiger partial charge in [-0.25, -0.2) is 4.98 Å². The average molecular weight is 262 g/mol. The molecule has 3 unspecified atom stereocenters. The molecule has 2 aliphatic rings. The molecule has 2 aliphatic carbocycles. The summed E-state index contributed by atoms with van der Waals surface area (Å²) in [6, 6.07) is 2.03.